The molecule has 0 N–H and O–H groups in total. The Hall–Kier alpha value is -2.40. The largest absolute Gasteiger partial charge is 0.338 e. The average Bonchev–Trinajstić information content (AvgIpc) is 3.31. The van der Waals surface area contributed by atoms with Crippen LogP contribution in [0.25, 0.3) is 6.08 Å². The van der Waals surface area contributed by atoms with Gasteiger partial charge >= 0.3 is 0 Å². The summed E-state index contributed by atoms with van der Waals surface area (Å²) < 4.78 is 1.74. The third kappa shape index (κ3) is 3.98. The van der Waals surface area contributed by atoms with Crippen LogP contribution in [-0.4, -0.2) is 57.7 Å². The van der Waals surface area contributed by atoms with Crippen molar-refractivity contribution < 1.29 is 4.79 Å². The number of fused-ring (bicyclic) bond motifs is 1. The van der Waals surface area contributed by atoms with Gasteiger partial charge in [-0.3, -0.25) is 14.4 Å². The second kappa shape index (κ2) is 7.69. The molecule has 27 heavy (non-hydrogen) atoms. The van der Waals surface area contributed by atoms with Crippen molar-refractivity contribution >= 4 is 12.0 Å². The molecule has 0 bridgehead atoms. The Kier molecular flexibility index (Phi) is 5.12. The van der Waals surface area contributed by atoms with E-state index in [1.807, 2.05) is 31.3 Å². The lowest BCUT2D eigenvalue weighted by Gasteiger charge is -2.40. The van der Waals surface area contributed by atoms with E-state index in [2.05, 4.69) is 34.3 Å². The quantitative estimate of drug-likeness (QED) is 0.783. The summed E-state index contributed by atoms with van der Waals surface area (Å²) in [5, 5.41) is 4.13. The van der Waals surface area contributed by atoms with E-state index in [1.165, 1.54) is 11.1 Å². The summed E-state index contributed by atoms with van der Waals surface area (Å²) >= 11 is 0. The molecule has 4 rings (SSSR count). The van der Waals surface area contributed by atoms with Crippen LogP contribution in [0.1, 0.15) is 29.5 Å². The number of benzene rings is 1. The van der Waals surface area contributed by atoms with Crippen LogP contribution in [0.15, 0.2) is 42.7 Å². The zero-order valence-corrected chi connectivity index (χ0v) is 16.2. The maximum absolute atomic E-state index is 12.6. The Labute approximate surface area is 161 Å². The number of rotatable bonds is 4. The zero-order valence-electron chi connectivity index (χ0n) is 16.2. The van der Waals surface area contributed by atoms with E-state index in [0.29, 0.717) is 6.04 Å². The van der Waals surface area contributed by atoms with Gasteiger partial charge in [-0.05, 0) is 49.4 Å². The molecule has 2 aromatic rings. The maximum atomic E-state index is 12.6. The Morgan fingerprint density at radius 1 is 1.26 bits per heavy atom. The van der Waals surface area contributed by atoms with Gasteiger partial charge < -0.3 is 4.90 Å². The lowest BCUT2D eigenvalue weighted by Crippen LogP contribution is -2.51. The summed E-state index contributed by atoms with van der Waals surface area (Å²) in [5.74, 6) is 0.0698. The molecule has 1 fully saturated rings. The second-order valence-corrected chi connectivity index (χ2v) is 7.85. The minimum atomic E-state index is 0.0698. The summed E-state index contributed by atoms with van der Waals surface area (Å²) in [6.07, 6.45) is 11.7. The Balaban J connectivity index is 1.36. The van der Waals surface area contributed by atoms with Crippen molar-refractivity contribution in [3.8, 4) is 0 Å². The Morgan fingerprint density at radius 3 is 2.67 bits per heavy atom. The van der Waals surface area contributed by atoms with Crippen molar-refractivity contribution in [1.82, 2.24) is 19.6 Å². The number of carbonyl (C=O) groups is 1. The molecule has 1 aliphatic heterocycles. The third-order valence-electron chi connectivity index (χ3n) is 6.01. The number of likely N-dealkylation sites (N-methyl/N-ethyl adjacent to an activating group) is 1. The normalized spacial score (nSPS) is 20.9. The molecule has 2 aliphatic rings. The fraction of sp³-hybridized carbons (Fsp3) is 0.455. The fourth-order valence-electron chi connectivity index (χ4n) is 4.42. The first kappa shape index (κ1) is 18.0. The smallest absolute Gasteiger partial charge is 0.246 e. The monoisotopic (exact) mass is 364 g/mol. The van der Waals surface area contributed by atoms with E-state index in [-0.39, 0.29) is 11.9 Å². The number of likely N-dealkylation sites (tertiary alicyclic amines) is 1. The minimum Gasteiger partial charge on any atom is -0.338 e. The maximum Gasteiger partial charge on any atom is 0.246 e. The summed E-state index contributed by atoms with van der Waals surface area (Å²) in [5.41, 5.74) is 3.94. The van der Waals surface area contributed by atoms with Crippen molar-refractivity contribution in [2.45, 2.75) is 37.8 Å². The topological polar surface area (TPSA) is 41.4 Å². The van der Waals surface area contributed by atoms with Crippen molar-refractivity contribution in [3.63, 3.8) is 0 Å². The number of hydrogen-bond acceptors (Lipinski definition) is 3. The number of piperidine rings is 1. The molecule has 2 heterocycles. The molecular formula is C22H28N4O. The fourth-order valence-corrected chi connectivity index (χ4v) is 4.42. The molecular weight excluding hydrogens is 336 g/mol. The molecule has 1 aromatic carbocycles. The standard InChI is InChI=1S/C22H28N4O/c1-24-15-17(14-23-24)9-10-22(27)25(2)20-8-5-11-26(16-20)21-12-18-6-3-4-7-19(18)13-21/h3-4,6-7,9-10,14-15,20-21H,5,8,11-13,16H2,1-2H3/b10-9+/t20-/m0/s1. The highest BCUT2D eigenvalue weighted by molar-refractivity contribution is 5.91. The first-order chi connectivity index (χ1) is 13.1. The summed E-state index contributed by atoms with van der Waals surface area (Å²) in [6.45, 7) is 2.12. The predicted molar refractivity (Wildman–Crippen MR) is 107 cm³/mol. The van der Waals surface area contributed by atoms with Gasteiger partial charge in [0, 0.05) is 50.6 Å². The number of aryl methyl sites for hydroxylation is 1. The van der Waals surface area contributed by atoms with Gasteiger partial charge in [0.2, 0.25) is 5.91 Å². The van der Waals surface area contributed by atoms with Crippen molar-refractivity contribution in [2.75, 3.05) is 20.1 Å². The number of hydrogen-bond donors (Lipinski definition) is 0. The predicted octanol–water partition coefficient (Wildman–Crippen LogP) is 2.52. The van der Waals surface area contributed by atoms with Crippen LogP contribution in [-0.2, 0) is 24.7 Å². The first-order valence-electron chi connectivity index (χ1n) is 9.84. The SMILES string of the molecule is CN(C(=O)/C=C/c1cnn(C)c1)[C@H]1CCCN(C2Cc3ccccc3C2)C1. The van der Waals surface area contributed by atoms with Gasteiger partial charge in [0.1, 0.15) is 0 Å². The average molecular weight is 364 g/mol. The van der Waals surface area contributed by atoms with Crippen LogP contribution in [0.3, 0.4) is 0 Å². The van der Waals surface area contributed by atoms with Crippen molar-refractivity contribution in [1.29, 1.82) is 0 Å². The van der Waals surface area contributed by atoms with Crippen LogP contribution >= 0.6 is 0 Å². The summed E-state index contributed by atoms with van der Waals surface area (Å²) in [6, 6.07) is 9.67. The zero-order chi connectivity index (χ0) is 18.8. The lowest BCUT2D eigenvalue weighted by molar-refractivity contribution is -0.127. The first-order valence-corrected chi connectivity index (χ1v) is 9.84. The van der Waals surface area contributed by atoms with Crippen LogP contribution in [0.2, 0.25) is 0 Å². The minimum absolute atomic E-state index is 0.0698. The molecule has 142 valence electrons. The van der Waals surface area contributed by atoms with E-state index >= 15 is 0 Å². The van der Waals surface area contributed by atoms with E-state index in [0.717, 1.165) is 44.3 Å². The van der Waals surface area contributed by atoms with Gasteiger partial charge in [-0.1, -0.05) is 24.3 Å². The Bertz CT molecular complexity index is 815. The van der Waals surface area contributed by atoms with Gasteiger partial charge in [-0.2, -0.15) is 5.10 Å². The number of carbonyl (C=O) groups excluding carboxylic acids is 1. The van der Waals surface area contributed by atoms with E-state index in [1.54, 1.807) is 17.0 Å². The van der Waals surface area contributed by atoms with Crippen LogP contribution in [0.5, 0.6) is 0 Å². The Morgan fingerprint density at radius 2 is 2.00 bits per heavy atom. The van der Waals surface area contributed by atoms with Gasteiger partial charge in [0.05, 0.1) is 6.20 Å². The van der Waals surface area contributed by atoms with Gasteiger partial charge in [-0.25, -0.2) is 0 Å². The van der Waals surface area contributed by atoms with E-state index < -0.39 is 0 Å². The molecule has 1 aliphatic carbocycles. The van der Waals surface area contributed by atoms with E-state index in [4.69, 9.17) is 0 Å². The van der Waals surface area contributed by atoms with Crippen LogP contribution < -0.4 is 0 Å². The highest BCUT2D eigenvalue weighted by Crippen LogP contribution is 2.28. The molecule has 0 saturated carbocycles. The van der Waals surface area contributed by atoms with E-state index in [9.17, 15) is 4.79 Å². The lowest BCUT2D eigenvalue weighted by atomic mass is 10.0. The van der Waals surface area contributed by atoms with Crippen molar-refractivity contribution in [2.24, 2.45) is 7.05 Å². The highest BCUT2D eigenvalue weighted by Gasteiger charge is 2.32. The molecule has 1 saturated heterocycles. The number of nitrogens with zero attached hydrogens (tertiary/aromatic N) is 4. The highest BCUT2D eigenvalue weighted by atomic mass is 16.2. The van der Waals surface area contributed by atoms with Crippen LogP contribution in [0, 0.1) is 0 Å². The van der Waals surface area contributed by atoms with Gasteiger partial charge in [-0.15, -0.1) is 0 Å². The molecule has 0 spiro atoms. The number of amides is 1. The molecule has 1 amide bonds. The van der Waals surface area contributed by atoms with Crippen LogP contribution in [0.4, 0.5) is 0 Å². The molecule has 5 nitrogen and oxygen atoms in total. The molecule has 0 unspecified atom stereocenters. The summed E-state index contributed by atoms with van der Waals surface area (Å²) in [7, 11) is 3.82. The third-order valence-corrected chi connectivity index (χ3v) is 6.01. The van der Waals surface area contributed by atoms with Gasteiger partial charge in [0.25, 0.3) is 0 Å². The summed E-state index contributed by atoms with van der Waals surface area (Å²) in [4.78, 5) is 17.1. The molecule has 1 atom stereocenters. The van der Waals surface area contributed by atoms with Crippen molar-refractivity contribution in [3.05, 3.63) is 59.4 Å². The molecule has 1 aromatic heterocycles. The number of aromatic nitrogens is 2. The molecule has 0 radical (unpaired) electrons. The second-order valence-electron chi connectivity index (χ2n) is 7.85. The van der Waals surface area contributed by atoms with Gasteiger partial charge in [0.15, 0.2) is 0 Å². The molecule has 5 heteroatoms.